The monoisotopic (exact) mass is 290 g/mol. The van der Waals surface area contributed by atoms with Gasteiger partial charge in [-0.3, -0.25) is 4.90 Å². The normalized spacial score (nSPS) is 17.0. The zero-order valence-electron chi connectivity index (χ0n) is 13.4. The average molecular weight is 290 g/mol. The Hall–Kier alpha value is -1.06. The number of benzene rings is 1. The minimum Gasteiger partial charge on any atom is -0.396 e. The summed E-state index contributed by atoms with van der Waals surface area (Å²) in [6, 6.07) is 8.87. The molecule has 2 rings (SSSR count). The Kier molecular flexibility index (Phi) is 7.04. The van der Waals surface area contributed by atoms with Crippen molar-refractivity contribution in [2.24, 2.45) is 5.92 Å². The van der Waals surface area contributed by atoms with Gasteiger partial charge in [0.1, 0.15) is 0 Å². The van der Waals surface area contributed by atoms with Crippen LogP contribution in [-0.2, 0) is 6.54 Å². The molecular weight excluding hydrogens is 260 g/mol. The van der Waals surface area contributed by atoms with Crippen molar-refractivity contribution in [3.05, 3.63) is 29.8 Å². The van der Waals surface area contributed by atoms with Crippen molar-refractivity contribution >= 4 is 5.69 Å². The third-order valence-corrected chi connectivity index (χ3v) is 4.40. The van der Waals surface area contributed by atoms with Crippen LogP contribution in [0.1, 0.15) is 44.6 Å². The van der Waals surface area contributed by atoms with Gasteiger partial charge in [0.25, 0.3) is 0 Å². The van der Waals surface area contributed by atoms with E-state index in [9.17, 15) is 0 Å². The van der Waals surface area contributed by atoms with Crippen LogP contribution in [0.4, 0.5) is 5.69 Å². The molecular formula is C18H30N2O. The van der Waals surface area contributed by atoms with E-state index in [0.717, 1.165) is 38.3 Å². The second kappa shape index (κ2) is 9.06. The number of nitrogens with one attached hydrogen (secondary N) is 1. The van der Waals surface area contributed by atoms with E-state index in [1.165, 1.54) is 37.2 Å². The summed E-state index contributed by atoms with van der Waals surface area (Å²) in [5, 5.41) is 12.2. The van der Waals surface area contributed by atoms with Gasteiger partial charge in [-0.25, -0.2) is 0 Å². The van der Waals surface area contributed by atoms with Crippen LogP contribution in [0.3, 0.4) is 0 Å². The van der Waals surface area contributed by atoms with Gasteiger partial charge in [-0.15, -0.1) is 0 Å². The minimum atomic E-state index is 0.309. The van der Waals surface area contributed by atoms with Crippen molar-refractivity contribution in [3.8, 4) is 0 Å². The molecule has 0 amide bonds. The standard InChI is InChI=1S/C18H30N2O/c1-16-9-12-20(13-10-16)15-17-5-7-18(8-6-17)19-11-3-2-4-14-21/h5-8,16,19,21H,2-4,9-15H2,1H3. The molecule has 0 aliphatic carbocycles. The van der Waals surface area contributed by atoms with Crippen molar-refractivity contribution in [1.82, 2.24) is 4.90 Å². The molecule has 1 aliphatic rings. The summed E-state index contributed by atoms with van der Waals surface area (Å²) >= 11 is 0. The second-order valence-electron chi connectivity index (χ2n) is 6.37. The number of hydrogen-bond acceptors (Lipinski definition) is 3. The molecule has 0 atom stereocenters. The molecule has 0 saturated carbocycles. The summed E-state index contributed by atoms with van der Waals surface area (Å²) in [4.78, 5) is 2.57. The van der Waals surface area contributed by atoms with Crippen molar-refractivity contribution in [1.29, 1.82) is 0 Å². The van der Waals surface area contributed by atoms with Gasteiger partial charge in [0.2, 0.25) is 0 Å². The quantitative estimate of drug-likeness (QED) is 0.719. The first-order valence-electron chi connectivity index (χ1n) is 8.44. The number of likely N-dealkylation sites (tertiary alicyclic amines) is 1. The number of nitrogens with zero attached hydrogens (tertiary/aromatic N) is 1. The van der Waals surface area contributed by atoms with Crippen LogP contribution in [0, 0.1) is 5.92 Å². The summed E-state index contributed by atoms with van der Waals surface area (Å²) in [5.41, 5.74) is 2.62. The molecule has 0 aromatic heterocycles. The Morgan fingerprint density at radius 3 is 2.48 bits per heavy atom. The Bertz CT molecular complexity index is 383. The maximum absolute atomic E-state index is 8.74. The van der Waals surface area contributed by atoms with Crippen LogP contribution in [0.25, 0.3) is 0 Å². The summed E-state index contributed by atoms with van der Waals surface area (Å²) in [7, 11) is 0. The highest BCUT2D eigenvalue weighted by molar-refractivity contribution is 5.44. The lowest BCUT2D eigenvalue weighted by atomic mass is 9.99. The molecule has 0 radical (unpaired) electrons. The number of aliphatic hydroxyl groups is 1. The van der Waals surface area contributed by atoms with Gasteiger partial charge >= 0.3 is 0 Å². The predicted molar refractivity (Wildman–Crippen MR) is 89.5 cm³/mol. The maximum atomic E-state index is 8.74. The van der Waals surface area contributed by atoms with E-state index in [1.54, 1.807) is 0 Å². The minimum absolute atomic E-state index is 0.309. The third kappa shape index (κ3) is 6.06. The lowest BCUT2D eigenvalue weighted by Crippen LogP contribution is -2.32. The molecule has 1 heterocycles. The first-order valence-corrected chi connectivity index (χ1v) is 8.44. The van der Waals surface area contributed by atoms with Gasteiger partial charge in [-0.05, 0) is 68.8 Å². The number of piperidine rings is 1. The fraction of sp³-hybridized carbons (Fsp3) is 0.667. The lowest BCUT2D eigenvalue weighted by Gasteiger charge is -2.30. The molecule has 1 saturated heterocycles. The van der Waals surface area contributed by atoms with Crippen LogP contribution in [0.5, 0.6) is 0 Å². The molecule has 21 heavy (non-hydrogen) atoms. The molecule has 3 nitrogen and oxygen atoms in total. The highest BCUT2D eigenvalue weighted by atomic mass is 16.2. The third-order valence-electron chi connectivity index (χ3n) is 4.40. The van der Waals surface area contributed by atoms with Gasteiger partial charge in [-0.1, -0.05) is 19.1 Å². The number of anilines is 1. The molecule has 1 fully saturated rings. The predicted octanol–water partition coefficient (Wildman–Crippen LogP) is 3.49. The highest BCUT2D eigenvalue weighted by Crippen LogP contribution is 2.19. The van der Waals surface area contributed by atoms with Crippen LogP contribution >= 0.6 is 0 Å². The summed E-state index contributed by atoms with van der Waals surface area (Å²) in [6.07, 6.45) is 5.80. The Morgan fingerprint density at radius 1 is 1.10 bits per heavy atom. The fourth-order valence-corrected chi connectivity index (χ4v) is 2.85. The SMILES string of the molecule is CC1CCN(Cc2ccc(NCCCCCO)cc2)CC1. The van der Waals surface area contributed by atoms with Gasteiger partial charge in [0, 0.05) is 25.4 Å². The van der Waals surface area contributed by atoms with E-state index in [2.05, 4.69) is 41.4 Å². The highest BCUT2D eigenvalue weighted by Gasteiger charge is 2.15. The summed E-state index contributed by atoms with van der Waals surface area (Å²) in [6.45, 7) is 7.23. The van der Waals surface area contributed by atoms with E-state index in [0.29, 0.717) is 6.61 Å². The van der Waals surface area contributed by atoms with Crippen LogP contribution in [0.15, 0.2) is 24.3 Å². The Morgan fingerprint density at radius 2 is 1.81 bits per heavy atom. The van der Waals surface area contributed by atoms with E-state index >= 15 is 0 Å². The number of aliphatic hydroxyl groups excluding tert-OH is 1. The fourth-order valence-electron chi connectivity index (χ4n) is 2.85. The zero-order valence-corrected chi connectivity index (χ0v) is 13.4. The van der Waals surface area contributed by atoms with Crippen LogP contribution < -0.4 is 5.32 Å². The van der Waals surface area contributed by atoms with Gasteiger partial charge < -0.3 is 10.4 Å². The molecule has 2 N–H and O–H groups in total. The Labute approximate surface area is 129 Å². The summed E-state index contributed by atoms with van der Waals surface area (Å²) in [5.74, 6) is 0.902. The topological polar surface area (TPSA) is 35.5 Å². The second-order valence-corrected chi connectivity index (χ2v) is 6.37. The molecule has 0 unspecified atom stereocenters. The number of hydrogen-bond donors (Lipinski definition) is 2. The van der Waals surface area contributed by atoms with Crippen LogP contribution in [0.2, 0.25) is 0 Å². The van der Waals surface area contributed by atoms with Crippen molar-refractivity contribution in [2.45, 2.75) is 45.6 Å². The average Bonchev–Trinajstić information content (AvgIpc) is 2.51. The van der Waals surface area contributed by atoms with Crippen molar-refractivity contribution in [3.63, 3.8) is 0 Å². The molecule has 118 valence electrons. The lowest BCUT2D eigenvalue weighted by molar-refractivity contribution is 0.185. The number of rotatable bonds is 8. The molecule has 0 bridgehead atoms. The first kappa shape index (κ1) is 16.3. The largest absolute Gasteiger partial charge is 0.396 e. The number of unbranched alkanes of at least 4 members (excludes halogenated alkanes) is 2. The van der Waals surface area contributed by atoms with E-state index in [-0.39, 0.29) is 0 Å². The molecule has 1 aliphatic heterocycles. The molecule has 0 spiro atoms. The van der Waals surface area contributed by atoms with E-state index in [4.69, 9.17) is 5.11 Å². The van der Waals surface area contributed by atoms with Gasteiger partial charge in [0.05, 0.1) is 0 Å². The van der Waals surface area contributed by atoms with E-state index < -0.39 is 0 Å². The van der Waals surface area contributed by atoms with Crippen molar-refractivity contribution < 1.29 is 5.11 Å². The zero-order chi connectivity index (χ0) is 14.9. The molecule has 1 aromatic carbocycles. The summed E-state index contributed by atoms with van der Waals surface area (Å²) < 4.78 is 0. The Balaban J connectivity index is 1.69. The van der Waals surface area contributed by atoms with Gasteiger partial charge in [0.15, 0.2) is 0 Å². The smallest absolute Gasteiger partial charge is 0.0431 e. The van der Waals surface area contributed by atoms with E-state index in [1.807, 2.05) is 0 Å². The molecule has 3 heteroatoms. The van der Waals surface area contributed by atoms with Gasteiger partial charge in [-0.2, -0.15) is 0 Å². The maximum Gasteiger partial charge on any atom is 0.0431 e. The van der Waals surface area contributed by atoms with Crippen LogP contribution in [-0.4, -0.2) is 36.2 Å². The van der Waals surface area contributed by atoms with Crippen molar-refractivity contribution in [2.75, 3.05) is 31.6 Å². The molecule has 1 aromatic rings. The first-order chi connectivity index (χ1) is 10.3.